The average Bonchev–Trinajstić information content (AvgIpc) is 4.05. The van der Waals surface area contributed by atoms with Crippen molar-refractivity contribution in [1.82, 2.24) is 24.7 Å². The molecule has 2 bridgehead atoms. The van der Waals surface area contributed by atoms with E-state index in [2.05, 4.69) is 54.0 Å². The molecular weight excluding hydrogens is 992 g/mol. The van der Waals surface area contributed by atoms with Crippen molar-refractivity contribution in [2.75, 3.05) is 101 Å². The van der Waals surface area contributed by atoms with Crippen molar-refractivity contribution in [3.05, 3.63) is 129 Å². The Kier molecular flexibility index (Phi) is 17.0. The Hall–Kier alpha value is -4.52. The van der Waals surface area contributed by atoms with Crippen molar-refractivity contribution in [2.45, 2.75) is 92.7 Å². The van der Waals surface area contributed by atoms with Gasteiger partial charge in [-0.1, -0.05) is 54.4 Å². The highest BCUT2D eigenvalue weighted by atomic mass is 35.5. The van der Waals surface area contributed by atoms with Gasteiger partial charge >= 0.3 is 0 Å². The Labute approximate surface area is 447 Å². The lowest BCUT2D eigenvalue weighted by Gasteiger charge is -2.45. The second kappa shape index (κ2) is 23.8. The molecule has 1 aliphatic carbocycles. The van der Waals surface area contributed by atoms with E-state index in [0.717, 1.165) is 118 Å². The van der Waals surface area contributed by atoms with Gasteiger partial charge in [-0.05, 0) is 173 Å². The van der Waals surface area contributed by atoms with E-state index in [-0.39, 0.29) is 39.4 Å². The van der Waals surface area contributed by atoms with Gasteiger partial charge in [-0.2, -0.15) is 0 Å². The quantitative estimate of drug-likeness (QED) is 0.0465. The van der Waals surface area contributed by atoms with Crippen molar-refractivity contribution >= 4 is 61.9 Å². The number of hydrogen-bond donors (Lipinski definition) is 3. The molecule has 10 rings (SSSR count). The minimum absolute atomic E-state index is 0.148. The number of nitro groups is 1. The maximum Gasteiger partial charge on any atom is 0.293 e. The lowest BCUT2D eigenvalue weighted by Crippen LogP contribution is -2.48. The molecule has 0 aromatic heterocycles. The molecule has 1 unspecified atom stereocenters. The summed E-state index contributed by atoms with van der Waals surface area (Å²) in [4.78, 5) is 36.2. The van der Waals surface area contributed by atoms with E-state index in [9.17, 15) is 23.3 Å². The number of thioether (sulfide) groups is 1. The molecule has 5 aliphatic heterocycles. The number of morpholine rings is 1. The van der Waals surface area contributed by atoms with Crippen LogP contribution >= 0.6 is 23.4 Å². The van der Waals surface area contributed by atoms with E-state index in [4.69, 9.17) is 16.3 Å². The molecule has 0 radical (unpaired) electrons. The number of piperidine rings is 2. The Morgan fingerprint density at radius 2 is 1.65 bits per heavy atom. The van der Waals surface area contributed by atoms with E-state index in [1.165, 1.54) is 81.6 Å². The summed E-state index contributed by atoms with van der Waals surface area (Å²) >= 11 is 8.02. The topological polar surface area (TPSA) is 153 Å². The van der Waals surface area contributed by atoms with Crippen LogP contribution in [0.25, 0.3) is 5.57 Å². The molecule has 17 heteroatoms. The predicted octanol–water partition coefficient (Wildman–Crippen LogP) is 9.28. The number of piperazine rings is 1. The van der Waals surface area contributed by atoms with Gasteiger partial charge in [0, 0.05) is 97.4 Å². The average molecular weight is 1070 g/mol. The van der Waals surface area contributed by atoms with Gasteiger partial charge in [0.25, 0.3) is 21.6 Å². The van der Waals surface area contributed by atoms with Gasteiger partial charge in [0.15, 0.2) is 0 Å². The smallest absolute Gasteiger partial charge is 0.293 e. The van der Waals surface area contributed by atoms with Crippen molar-refractivity contribution in [3.8, 4) is 0 Å². The van der Waals surface area contributed by atoms with Crippen molar-refractivity contribution < 1.29 is 22.9 Å². The third-order valence-corrected chi connectivity index (χ3v) is 19.6. The fraction of sp³-hybridized carbons (Fsp3) is 0.526. The van der Waals surface area contributed by atoms with Gasteiger partial charge in [-0.3, -0.25) is 24.7 Å². The van der Waals surface area contributed by atoms with Gasteiger partial charge < -0.3 is 25.2 Å². The van der Waals surface area contributed by atoms with Crippen LogP contribution < -0.4 is 20.3 Å². The monoisotopic (exact) mass is 1060 g/mol. The first-order valence-corrected chi connectivity index (χ1v) is 29.8. The van der Waals surface area contributed by atoms with Crippen LogP contribution in [0.1, 0.15) is 80.6 Å². The molecular formula is C57H73ClN8O6S2. The second-order valence-electron chi connectivity index (χ2n) is 22.1. The molecule has 6 aliphatic rings. The first-order valence-electron chi connectivity index (χ1n) is 27.0. The molecule has 5 heterocycles. The number of ether oxygens (including phenoxy) is 1. The number of carbonyl (C=O) groups excluding carboxylic acids is 1. The first kappa shape index (κ1) is 52.9. The highest BCUT2D eigenvalue weighted by molar-refractivity contribution is 7.99. The fourth-order valence-corrected chi connectivity index (χ4v) is 14.8. The Balaban J connectivity index is 0.741. The van der Waals surface area contributed by atoms with Crippen molar-refractivity contribution in [1.29, 1.82) is 0 Å². The molecule has 4 aromatic carbocycles. The standard InChI is InChI=1S/C57H73ClN8O6S2/c1-57(40-63-26-20-42(21-27-63)41-18-24-59-25-19-41)23-17-53(43-7-11-46(58)12-8-43)45(35-57)36-62-29-31-64(32-30-62)48-13-9-44(10-14-48)56(67)61-74(70,71)52-15-16-54(55(34-52)66(68)69)60-47(39-73-51-5-3-2-4-6-51)22-28-65-37-50-33-49(65)38-72-50/h2-16,34,41-42,47,49-50,59-60H,17-33,35-40H2,1H3,(H,61,67)/t47-,49-,50-,57?/m1/s1. The van der Waals surface area contributed by atoms with E-state index in [1.54, 1.807) is 29.5 Å². The van der Waals surface area contributed by atoms with Crippen LogP contribution in [0.5, 0.6) is 0 Å². The zero-order valence-electron chi connectivity index (χ0n) is 42.8. The zero-order chi connectivity index (χ0) is 51.2. The third kappa shape index (κ3) is 13.2. The minimum Gasteiger partial charge on any atom is -0.376 e. The van der Waals surface area contributed by atoms with Crippen LogP contribution in [-0.2, 0) is 14.8 Å². The summed E-state index contributed by atoms with van der Waals surface area (Å²) in [6.45, 7) is 15.2. The number of hydrogen-bond acceptors (Lipinski definition) is 13. The van der Waals surface area contributed by atoms with Crippen LogP contribution in [0.2, 0.25) is 5.02 Å². The summed E-state index contributed by atoms with van der Waals surface area (Å²) < 4.78 is 35.3. The number of nitrogens with one attached hydrogen (secondary N) is 3. The highest BCUT2D eigenvalue weighted by Crippen LogP contribution is 2.45. The number of sulfonamides is 1. The summed E-state index contributed by atoms with van der Waals surface area (Å²) in [5.41, 5.74) is 5.49. The number of rotatable bonds is 19. The van der Waals surface area contributed by atoms with Gasteiger partial charge in [0.2, 0.25) is 0 Å². The number of halogens is 1. The lowest BCUT2D eigenvalue weighted by atomic mass is 9.70. The number of nitrogens with zero attached hydrogens (tertiary/aromatic N) is 5. The molecule has 1 amide bonds. The first-order chi connectivity index (χ1) is 35.8. The van der Waals surface area contributed by atoms with Gasteiger partial charge in [-0.25, -0.2) is 13.1 Å². The minimum atomic E-state index is -4.46. The Morgan fingerprint density at radius 3 is 2.34 bits per heavy atom. The second-order valence-corrected chi connectivity index (χ2v) is 25.3. The Bertz CT molecular complexity index is 2710. The van der Waals surface area contributed by atoms with E-state index in [0.29, 0.717) is 11.8 Å². The van der Waals surface area contributed by atoms with E-state index < -0.39 is 20.9 Å². The van der Waals surface area contributed by atoms with E-state index >= 15 is 0 Å². The zero-order valence-corrected chi connectivity index (χ0v) is 45.2. The third-order valence-electron chi connectivity index (χ3n) is 16.8. The van der Waals surface area contributed by atoms with Crippen LogP contribution in [0.3, 0.4) is 0 Å². The van der Waals surface area contributed by atoms with Crippen LogP contribution in [0.15, 0.2) is 112 Å². The number of fused-ring (bicyclic) bond motifs is 2. The molecule has 74 heavy (non-hydrogen) atoms. The maximum atomic E-state index is 13.7. The highest BCUT2D eigenvalue weighted by Gasteiger charge is 2.39. The number of amides is 1. The van der Waals surface area contributed by atoms with E-state index in [1.807, 2.05) is 54.6 Å². The number of anilines is 2. The molecule has 4 aromatic rings. The summed E-state index contributed by atoms with van der Waals surface area (Å²) in [6.07, 6.45) is 10.7. The number of benzene rings is 4. The summed E-state index contributed by atoms with van der Waals surface area (Å²) in [5.74, 6) is 1.61. The fourth-order valence-electron chi connectivity index (χ4n) is 12.7. The number of likely N-dealkylation sites (tertiary alicyclic amines) is 2. The largest absolute Gasteiger partial charge is 0.376 e. The Morgan fingerprint density at radius 1 is 0.919 bits per heavy atom. The molecule has 3 N–H and O–H groups in total. The van der Waals surface area contributed by atoms with Crippen LogP contribution in [-0.4, -0.2) is 143 Å². The molecule has 396 valence electrons. The SMILES string of the molecule is CC1(CN2CCC(C3CCNCC3)CC2)CCC(c2ccc(Cl)cc2)=C(CN2CCN(c3ccc(C(=O)NS(=O)(=O)c4ccc(N[C@H](CCN5C[C@H]6C[C@@H]5CO6)CSc5ccccc5)c([N+](=O)[O-])c4)cc3)CC2)C1. The molecule has 5 fully saturated rings. The van der Waals surface area contributed by atoms with Gasteiger partial charge in [0.05, 0.1) is 22.5 Å². The summed E-state index contributed by atoms with van der Waals surface area (Å²) in [7, 11) is -4.46. The lowest BCUT2D eigenvalue weighted by molar-refractivity contribution is -0.384. The number of carbonyl (C=O) groups is 1. The van der Waals surface area contributed by atoms with Gasteiger partial charge in [-0.15, -0.1) is 11.8 Å². The predicted molar refractivity (Wildman–Crippen MR) is 297 cm³/mol. The van der Waals surface area contributed by atoms with Crippen molar-refractivity contribution in [2.24, 2.45) is 17.3 Å². The molecule has 0 saturated carbocycles. The maximum absolute atomic E-state index is 13.7. The number of nitro benzene ring substituents is 1. The van der Waals surface area contributed by atoms with Gasteiger partial charge in [0.1, 0.15) is 5.69 Å². The van der Waals surface area contributed by atoms with Crippen molar-refractivity contribution in [3.63, 3.8) is 0 Å². The van der Waals surface area contributed by atoms with Crippen LogP contribution in [0, 0.1) is 27.4 Å². The molecule has 4 atom stereocenters. The normalized spacial score (nSPS) is 24.1. The molecule has 14 nitrogen and oxygen atoms in total. The summed E-state index contributed by atoms with van der Waals surface area (Å²) in [6, 6.07) is 29.4. The molecule has 5 saturated heterocycles. The number of allylic oxidation sites excluding steroid dienone is 1. The van der Waals surface area contributed by atoms with Crippen LogP contribution in [0.4, 0.5) is 17.1 Å². The summed E-state index contributed by atoms with van der Waals surface area (Å²) in [5, 5.41) is 20.2. The molecule has 0 spiro atoms.